The van der Waals surface area contributed by atoms with Crippen molar-refractivity contribution >= 4 is 23.4 Å². The molecule has 98 valence electrons. The molecule has 0 heterocycles. The summed E-state index contributed by atoms with van der Waals surface area (Å²) in [6.45, 7) is 6.47. The van der Waals surface area contributed by atoms with Gasteiger partial charge < -0.3 is 14.8 Å². The SMILES string of the molecule is C=C(CC)COc1ccc2cc(B(O)O)ccc2c1. The Labute approximate surface area is 113 Å². The molecule has 0 amide bonds. The lowest BCUT2D eigenvalue weighted by molar-refractivity contribution is 0.349. The number of hydrogen-bond acceptors (Lipinski definition) is 3. The molecule has 4 heteroatoms. The molecule has 0 unspecified atom stereocenters. The van der Waals surface area contributed by atoms with Crippen LogP contribution in [0.4, 0.5) is 0 Å². The highest BCUT2D eigenvalue weighted by molar-refractivity contribution is 6.58. The predicted octanol–water partition coefficient (Wildman–Crippen LogP) is 1.86. The summed E-state index contributed by atoms with van der Waals surface area (Å²) in [4.78, 5) is 0. The molecule has 0 aromatic heterocycles. The number of ether oxygens (including phenoxy) is 1. The van der Waals surface area contributed by atoms with Crippen molar-refractivity contribution in [3.8, 4) is 5.75 Å². The first-order valence-electron chi connectivity index (χ1n) is 6.29. The second-order valence-corrected chi connectivity index (χ2v) is 4.53. The summed E-state index contributed by atoms with van der Waals surface area (Å²) in [5.41, 5.74) is 1.54. The van der Waals surface area contributed by atoms with E-state index in [0.717, 1.165) is 28.5 Å². The highest BCUT2D eigenvalue weighted by Crippen LogP contribution is 2.20. The van der Waals surface area contributed by atoms with Crippen LogP contribution in [0, 0.1) is 0 Å². The van der Waals surface area contributed by atoms with Gasteiger partial charge in [0.15, 0.2) is 0 Å². The molecule has 3 nitrogen and oxygen atoms in total. The fourth-order valence-electron chi connectivity index (χ4n) is 1.78. The van der Waals surface area contributed by atoms with Gasteiger partial charge in [-0.15, -0.1) is 0 Å². The predicted molar refractivity (Wildman–Crippen MR) is 78.7 cm³/mol. The fraction of sp³-hybridized carbons (Fsp3) is 0.200. The quantitative estimate of drug-likeness (QED) is 0.634. The maximum Gasteiger partial charge on any atom is 0.488 e. The molecule has 0 aliphatic heterocycles. The van der Waals surface area contributed by atoms with Crippen LogP contribution in [0.5, 0.6) is 5.75 Å². The van der Waals surface area contributed by atoms with Crippen LogP contribution in [0.3, 0.4) is 0 Å². The van der Waals surface area contributed by atoms with Gasteiger partial charge in [-0.05, 0) is 40.4 Å². The minimum atomic E-state index is -1.44. The van der Waals surface area contributed by atoms with Gasteiger partial charge in [0.05, 0.1) is 0 Å². The Morgan fingerprint density at radius 1 is 1.16 bits per heavy atom. The number of fused-ring (bicyclic) bond motifs is 1. The van der Waals surface area contributed by atoms with Gasteiger partial charge in [0.1, 0.15) is 12.4 Å². The summed E-state index contributed by atoms with van der Waals surface area (Å²) < 4.78 is 5.65. The van der Waals surface area contributed by atoms with Gasteiger partial charge in [0.25, 0.3) is 0 Å². The Bertz CT molecular complexity index is 593. The van der Waals surface area contributed by atoms with Crippen LogP contribution in [0.1, 0.15) is 13.3 Å². The van der Waals surface area contributed by atoms with Crippen molar-refractivity contribution < 1.29 is 14.8 Å². The van der Waals surface area contributed by atoms with Crippen molar-refractivity contribution in [1.29, 1.82) is 0 Å². The summed E-state index contributed by atoms with van der Waals surface area (Å²) in [5.74, 6) is 0.791. The second kappa shape index (κ2) is 5.91. The van der Waals surface area contributed by atoms with Crippen molar-refractivity contribution in [1.82, 2.24) is 0 Å². The van der Waals surface area contributed by atoms with Crippen LogP contribution < -0.4 is 10.2 Å². The summed E-state index contributed by atoms with van der Waals surface area (Å²) >= 11 is 0. The minimum absolute atomic E-state index is 0.487. The molecule has 0 radical (unpaired) electrons. The van der Waals surface area contributed by atoms with Gasteiger partial charge in [-0.3, -0.25) is 0 Å². The molecule has 0 saturated carbocycles. The van der Waals surface area contributed by atoms with E-state index >= 15 is 0 Å². The van der Waals surface area contributed by atoms with Gasteiger partial charge in [0.2, 0.25) is 0 Å². The molecule has 2 N–H and O–H groups in total. The van der Waals surface area contributed by atoms with Crippen LogP contribution in [-0.4, -0.2) is 23.8 Å². The van der Waals surface area contributed by atoms with Gasteiger partial charge in [-0.1, -0.05) is 37.8 Å². The first-order chi connectivity index (χ1) is 9.10. The van der Waals surface area contributed by atoms with E-state index in [0.29, 0.717) is 12.1 Å². The third kappa shape index (κ3) is 3.37. The third-order valence-electron chi connectivity index (χ3n) is 3.08. The molecule has 0 atom stereocenters. The fourth-order valence-corrected chi connectivity index (χ4v) is 1.78. The molecular weight excluding hydrogens is 239 g/mol. The van der Waals surface area contributed by atoms with Crippen LogP contribution in [0.25, 0.3) is 10.8 Å². The molecule has 0 saturated heterocycles. The Kier molecular flexibility index (Phi) is 4.25. The van der Waals surface area contributed by atoms with Crippen LogP contribution in [0.2, 0.25) is 0 Å². The average molecular weight is 256 g/mol. The average Bonchev–Trinajstić information content (AvgIpc) is 2.43. The second-order valence-electron chi connectivity index (χ2n) is 4.53. The van der Waals surface area contributed by atoms with E-state index in [-0.39, 0.29) is 0 Å². The molecule has 0 spiro atoms. The van der Waals surface area contributed by atoms with Crippen LogP contribution in [-0.2, 0) is 0 Å². The van der Waals surface area contributed by atoms with Gasteiger partial charge >= 0.3 is 7.12 Å². The van der Waals surface area contributed by atoms with Crippen molar-refractivity contribution in [3.05, 3.63) is 48.6 Å². The van der Waals surface area contributed by atoms with E-state index in [1.165, 1.54) is 0 Å². The number of benzene rings is 2. The topological polar surface area (TPSA) is 49.7 Å². The van der Waals surface area contributed by atoms with E-state index in [1.807, 2.05) is 31.2 Å². The summed E-state index contributed by atoms with van der Waals surface area (Å²) in [6.07, 6.45) is 0.908. The molecule has 0 fully saturated rings. The highest BCUT2D eigenvalue weighted by Gasteiger charge is 2.10. The van der Waals surface area contributed by atoms with Crippen molar-refractivity contribution in [2.45, 2.75) is 13.3 Å². The van der Waals surface area contributed by atoms with Crippen molar-refractivity contribution in [3.63, 3.8) is 0 Å². The van der Waals surface area contributed by atoms with Gasteiger partial charge in [-0.25, -0.2) is 0 Å². The third-order valence-corrected chi connectivity index (χ3v) is 3.08. The van der Waals surface area contributed by atoms with E-state index in [1.54, 1.807) is 12.1 Å². The van der Waals surface area contributed by atoms with Crippen LogP contribution in [0.15, 0.2) is 48.6 Å². The number of rotatable bonds is 5. The summed E-state index contributed by atoms with van der Waals surface area (Å²) in [7, 11) is -1.44. The maximum atomic E-state index is 9.13. The highest BCUT2D eigenvalue weighted by atomic mass is 16.5. The van der Waals surface area contributed by atoms with Crippen molar-refractivity contribution in [2.75, 3.05) is 6.61 Å². The zero-order valence-electron chi connectivity index (χ0n) is 11.0. The van der Waals surface area contributed by atoms with E-state index in [9.17, 15) is 0 Å². The molecule has 2 aromatic rings. The molecule has 0 aliphatic rings. The van der Waals surface area contributed by atoms with E-state index in [2.05, 4.69) is 6.58 Å². The first kappa shape index (κ1) is 13.7. The summed E-state index contributed by atoms with van der Waals surface area (Å²) in [5, 5.41) is 20.2. The minimum Gasteiger partial charge on any atom is -0.489 e. The Hall–Kier alpha value is -1.78. The van der Waals surface area contributed by atoms with Gasteiger partial charge in [0, 0.05) is 0 Å². The maximum absolute atomic E-state index is 9.13. The van der Waals surface area contributed by atoms with E-state index < -0.39 is 7.12 Å². The molecule has 2 aromatic carbocycles. The van der Waals surface area contributed by atoms with Gasteiger partial charge in [-0.2, -0.15) is 0 Å². The molecule has 2 rings (SSSR count). The molecule has 0 aliphatic carbocycles. The van der Waals surface area contributed by atoms with Crippen LogP contribution >= 0.6 is 0 Å². The monoisotopic (exact) mass is 256 g/mol. The zero-order chi connectivity index (χ0) is 13.8. The standard InChI is InChI=1S/C15H17BO3/c1-3-11(2)10-19-15-7-5-12-8-14(16(17)18)6-4-13(12)9-15/h4-9,17-18H,2-3,10H2,1H3. The Morgan fingerprint density at radius 3 is 2.53 bits per heavy atom. The normalized spacial score (nSPS) is 10.5. The molecule has 0 bridgehead atoms. The molecule has 19 heavy (non-hydrogen) atoms. The van der Waals surface area contributed by atoms with E-state index in [4.69, 9.17) is 14.8 Å². The largest absolute Gasteiger partial charge is 0.489 e. The Morgan fingerprint density at radius 2 is 1.84 bits per heavy atom. The summed E-state index contributed by atoms with van der Waals surface area (Å²) in [6, 6.07) is 11.0. The lowest BCUT2D eigenvalue weighted by Gasteiger charge is -2.09. The first-order valence-corrected chi connectivity index (χ1v) is 6.29. The molecular formula is C15H17BO3. The lowest BCUT2D eigenvalue weighted by atomic mass is 9.79. The lowest BCUT2D eigenvalue weighted by Crippen LogP contribution is -2.29. The number of hydrogen-bond donors (Lipinski definition) is 2. The smallest absolute Gasteiger partial charge is 0.488 e. The zero-order valence-corrected chi connectivity index (χ0v) is 11.0. The Balaban J connectivity index is 2.21. The van der Waals surface area contributed by atoms with Crippen molar-refractivity contribution in [2.24, 2.45) is 0 Å².